The predicted octanol–water partition coefficient (Wildman–Crippen LogP) is 4.99. The summed E-state index contributed by atoms with van der Waals surface area (Å²) in [5.74, 6) is 0.125. The minimum atomic E-state index is -0.265. The van der Waals surface area contributed by atoms with Gasteiger partial charge in [0.15, 0.2) is 0 Å². The van der Waals surface area contributed by atoms with E-state index in [4.69, 9.17) is 4.74 Å². The number of ether oxygens (including phenoxy) is 1. The van der Waals surface area contributed by atoms with Gasteiger partial charge in [-0.3, -0.25) is 14.6 Å². The van der Waals surface area contributed by atoms with Crippen LogP contribution in [0.4, 0.5) is 5.00 Å². The van der Waals surface area contributed by atoms with Crippen LogP contribution in [0, 0.1) is 0 Å². The van der Waals surface area contributed by atoms with Gasteiger partial charge in [-0.25, -0.2) is 0 Å². The highest BCUT2D eigenvalue weighted by atomic mass is 32.1. The molecule has 2 heterocycles. The average molecular weight is 450 g/mol. The molecule has 2 amide bonds. The van der Waals surface area contributed by atoms with Crippen LogP contribution in [0.3, 0.4) is 0 Å². The fourth-order valence-corrected chi connectivity index (χ4v) is 5.06. The highest BCUT2D eigenvalue weighted by Gasteiger charge is 2.28. The smallest absolute Gasteiger partial charge is 0.260 e. The maximum atomic E-state index is 13.1. The molecule has 0 saturated carbocycles. The lowest BCUT2D eigenvalue weighted by atomic mass is 10.1. The van der Waals surface area contributed by atoms with Gasteiger partial charge in [-0.1, -0.05) is 31.5 Å². The Morgan fingerprint density at radius 1 is 1.12 bits per heavy atom. The Kier molecular flexibility index (Phi) is 7.17. The van der Waals surface area contributed by atoms with E-state index in [0.29, 0.717) is 35.0 Å². The molecule has 2 N–H and O–H groups in total. The number of amides is 2. The lowest BCUT2D eigenvalue weighted by molar-refractivity contribution is 0.0951. The fraction of sp³-hybridized carbons (Fsp3) is 0.320. The zero-order chi connectivity index (χ0) is 22.3. The van der Waals surface area contributed by atoms with Gasteiger partial charge in [-0.05, 0) is 55.0 Å². The first-order chi connectivity index (χ1) is 15.7. The van der Waals surface area contributed by atoms with Gasteiger partial charge in [0, 0.05) is 23.8 Å². The number of thiophene rings is 1. The highest BCUT2D eigenvalue weighted by molar-refractivity contribution is 7.17. The molecule has 0 radical (unpaired) electrons. The van der Waals surface area contributed by atoms with E-state index in [-0.39, 0.29) is 11.8 Å². The fourth-order valence-electron chi connectivity index (χ4n) is 3.78. The molecule has 7 heteroatoms. The first kappa shape index (κ1) is 22.0. The standard InChI is InChI=1S/C25H27N3O3S/c1-2-3-14-31-20-11-5-4-9-18(20)23(29)28-25-22(19-10-6-12-21(19)32-25)24(30)27-16-17-8-7-13-26-15-17/h4-5,7-9,11,13,15H,2-3,6,10,12,14,16H2,1H3,(H,27,30)(H,28,29). The van der Waals surface area contributed by atoms with Crippen LogP contribution in [0.15, 0.2) is 48.8 Å². The Bertz CT molecular complexity index is 1100. The second-order valence-electron chi connectivity index (χ2n) is 7.76. The summed E-state index contributed by atoms with van der Waals surface area (Å²) in [6, 6.07) is 11.0. The Balaban J connectivity index is 1.53. The number of nitrogens with one attached hydrogen (secondary N) is 2. The van der Waals surface area contributed by atoms with Gasteiger partial charge in [0.1, 0.15) is 10.8 Å². The minimum Gasteiger partial charge on any atom is -0.493 e. The number of hydrogen-bond acceptors (Lipinski definition) is 5. The molecule has 0 atom stereocenters. The van der Waals surface area contributed by atoms with Gasteiger partial charge in [0.05, 0.1) is 17.7 Å². The molecule has 166 valence electrons. The predicted molar refractivity (Wildman–Crippen MR) is 127 cm³/mol. The van der Waals surface area contributed by atoms with Crippen molar-refractivity contribution in [1.29, 1.82) is 0 Å². The molecule has 0 spiro atoms. The number of hydrogen-bond donors (Lipinski definition) is 2. The highest BCUT2D eigenvalue weighted by Crippen LogP contribution is 2.39. The van der Waals surface area contributed by atoms with Gasteiger partial charge in [-0.15, -0.1) is 11.3 Å². The first-order valence-electron chi connectivity index (χ1n) is 11.0. The summed E-state index contributed by atoms with van der Waals surface area (Å²) < 4.78 is 5.82. The lowest BCUT2D eigenvalue weighted by Gasteiger charge is -2.12. The van der Waals surface area contributed by atoms with E-state index in [1.54, 1.807) is 24.5 Å². The van der Waals surface area contributed by atoms with E-state index in [2.05, 4.69) is 22.5 Å². The van der Waals surface area contributed by atoms with Crippen LogP contribution in [0.25, 0.3) is 0 Å². The topological polar surface area (TPSA) is 80.3 Å². The Hall–Kier alpha value is -3.19. The number of nitrogens with zero attached hydrogens (tertiary/aromatic N) is 1. The molecule has 0 saturated heterocycles. The summed E-state index contributed by atoms with van der Waals surface area (Å²) in [7, 11) is 0. The van der Waals surface area contributed by atoms with E-state index in [0.717, 1.165) is 43.2 Å². The first-order valence-corrected chi connectivity index (χ1v) is 11.8. The van der Waals surface area contributed by atoms with Crippen LogP contribution in [-0.4, -0.2) is 23.4 Å². The molecule has 32 heavy (non-hydrogen) atoms. The van der Waals surface area contributed by atoms with Crippen LogP contribution < -0.4 is 15.4 Å². The van der Waals surface area contributed by atoms with E-state index < -0.39 is 0 Å². The summed E-state index contributed by atoms with van der Waals surface area (Å²) in [6.45, 7) is 3.05. The van der Waals surface area contributed by atoms with Gasteiger partial charge >= 0.3 is 0 Å². The Labute approximate surface area is 192 Å². The third-order valence-electron chi connectivity index (χ3n) is 5.44. The maximum absolute atomic E-state index is 13.1. The van der Waals surface area contributed by atoms with Crippen molar-refractivity contribution in [3.05, 3.63) is 75.9 Å². The Morgan fingerprint density at radius 3 is 2.81 bits per heavy atom. The molecule has 1 aromatic carbocycles. The van der Waals surface area contributed by atoms with E-state index in [1.165, 1.54) is 16.2 Å². The molecular formula is C25H27N3O3S. The van der Waals surface area contributed by atoms with Gasteiger partial charge in [0.2, 0.25) is 0 Å². The summed E-state index contributed by atoms with van der Waals surface area (Å²) in [5, 5.41) is 6.58. The summed E-state index contributed by atoms with van der Waals surface area (Å²) in [4.78, 5) is 31.5. The van der Waals surface area contributed by atoms with Crippen molar-refractivity contribution in [2.75, 3.05) is 11.9 Å². The number of aromatic nitrogens is 1. The molecule has 1 aliphatic rings. The molecule has 0 unspecified atom stereocenters. The SMILES string of the molecule is CCCCOc1ccccc1C(=O)Nc1sc2c(c1C(=O)NCc1cccnc1)CCC2. The molecular weight excluding hydrogens is 422 g/mol. The van der Waals surface area contributed by atoms with Crippen molar-refractivity contribution in [1.82, 2.24) is 10.3 Å². The maximum Gasteiger partial charge on any atom is 0.260 e. The molecule has 3 aromatic rings. The third-order valence-corrected chi connectivity index (χ3v) is 6.65. The van der Waals surface area contributed by atoms with Crippen LogP contribution in [0.2, 0.25) is 0 Å². The van der Waals surface area contributed by atoms with Crippen molar-refractivity contribution in [3.8, 4) is 5.75 Å². The number of anilines is 1. The number of rotatable bonds is 9. The van der Waals surface area contributed by atoms with Crippen molar-refractivity contribution in [2.24, 2.45) is 0 Å². The summed E-state index contributed by atoms with van der Waals surface area (Å²) in [6.07, 6.45) is 8.21. The molecule has 6 nitrogen and oxygen atoms in total. The van der Waals surface area contributed by atoms with Crippen molar-refractivity contribution in [3.63, 3.8) is 0 Å². The molecule has 2 aromatic heterocycles. The zero-order valence-corrected chi connectivity index (χ0v) is 19.0. The minimum absolute atomic E-state index is 0.170. The van der Waals surface area contributed by atoms with Gasteiger partial charge in [-0.2, -0.15) is 0 Å². The third kappa shape index (κ3) is 4.99. The van der Waals surface area contributed by atoms with Crippen molar-refractivity contribution < 1.29 is 14.3 Å². The average Bonchev–Trinajstić information content (AvgIpc) is 3.39. The van der Waals surface area contributed by atoms with Crippen LogP contribution in [0.5, 0.6) is 5.75 Å². The van der Waals surface area contributed by atoms with Crippen molar-refractivity contribution in [2.45, 2.75) is 45.6 Å². The number of benzene rings is 1. The molecule has 0 bridgehead atoms. The number of unbranched alkanes of at least 4 members (excludes halogenated alkanes) is 1. The molecule has 4 rings (SSSR count). The normalized spacial score (nSPS) is 12.3. The van der Waals surface area contributed by atoms with Crippen LogP contribution in [0.1, 0.15) is 62.9 Å². The Morgan fingerprint density at radius 2 is 2.00 bits per heavy atom. The van der Waals surface area contributed by atoms with E-state index in [9.17, 15) is 9.59 Å². The number of pyridine rings is 1. The van der Waals surface area contributed by atoms with Gasteiger partial charge in [0.25, 0.3) is 11.8 Å². The van der Waals surface area contributed by atoms with Crippen molar-refractivity contribution >= 4 is 28.2 Å². The quantitative estimate of drug-likeness (QED) is 0.451. The second kappa shape index (κ2) is 10.4. The number of para-hydroxylation sites is 1. The number of carbonyl (C=O) groups excluding carboxylic acids is 2. The zero-order valence-electron chi connectivity index (χ0n) is 18.1. The molecule has 0 aliphatic heterocycles. The van der Waals surface area contributed by atoms with Crippen LogP contribution in [-0.2, 0) is 19.4 Å². The number of carbonyl (C=O) groups is 2. The van der Waals surface area contributed by atoms with E-state index in [1.807, 2.05) is 24.3 Å². The monoisotopic (exact) mass is 449 g/mol. The number of fused-ring (bicyclic) bond motifs is 1. The van der Waals surface area contributed by atoms with Gasteiger partial charge < -0.3 is 15.4 Å². The second-order valence-corrected chi connectivity index (χ2v) is 8.86. The van der Waals surface area contributed by atoms with E-state index >= 15 is 0 Å². The summed E-state index contributed by atoms with van der Waals surface area (Å²) >= 11 is 1.50. The van der Waals surface area contributed by atoms with Crippen LogP contribution >= 0.6 is 11.3 Å². The molecule has 1 aliphatic carbocycles. The summed E-state index contributed by atoms with van der Waals surface area (Å²) in [5.41, 5.74) is 3.04. The number of aryl methyl sites for hydroxylation is 1. The molecule has 0 fully saturated rings. The lowest BCUT2D eigenvalue weighted by Crippen LogP contribution is -2.25. The largest absolute Gasteiger partial charge is 0.493 e.